The number of hydrogen-bond acceptors (Lipinski definition) is 6. The Bertz CT molecular complexity index is 1240. The van der Waals surface area contributed by atoms with Gasteiger partial charge in [0.15, 0.2) is 13.2 Å². The van der Waals surface area contributed by atoms with E-state index < -0.39 is 60.0 Å². The molecule has 0 saturated heterocycles. The molecule has 204 valence electrons. The molecule has 2 bridgehead atoms. The lowest BCUT2D eigenvalue weighted by atomic mass is 9.59. The minimum atomic E-state index is -1.52. The fourth-order valence-corrected chi connectivity index (χ4v) is 5.22. The van der Waals surface area contributed by atoms with Gasteiger partial charge in [-0.15, -0.1) is 0 Å². The van der Waals surface area contributed by atoms with Gasteiger partial charge in [-0.3, -0.25) is 9.59 Å². The van der Waals surface area contributed by atoms with Crippen molar-refractivity contribution in [3.63, 3.8) is 0 Å². The minimum absolute atomic E-state index is 0.0735. The molecule has 3 aliphatic rings. The molecule has 2 aromatic carbocycles. The smallest absolute Gasteiger partial charge is 0.484 e. The fraction of sp³-hybridized carbons (Fsp3) is 0.400. The third-order valence-corrected chi connectivity index (χ3v) is 7.46. The van der Waals surface area contributed by atoms with Crippen LogP contribution in [-0.2, 0) is 14.3 Å². The van der Waals surface area contributed by atoms with Crippen molar-refractivity contribution in [2.45, 2.75) is 49.3 Å². The van der Waals surface area contributed by atoms with Crippen LogP contribution in [0.4, 0.5) is 13.6 Å². The highest BCUT2D eigenvalue weighted by Crippen LogP contribution is 2.48. The van der Waals surface area contributed by atoms with Crippen molar-refractivity contribution in [1.29, 1.82) is 0 Å². The van der Waals surface area contributed by atoms with Gasteiger partial charge in [-0.1, -0.05) is 23.2 Å². The van der Waals surface area contributed by atoms with Crippen LogP contribution in [0.2, 0.25) is 10.0 Å². The Kier molecular flexibility index (Phi) is 8.17. The molecule has 0 radical (unpaired) electrons. The van der Waals surface area contributed by atoms with Crippen molar-refractivity contribution in [1.82, 2.24) is 10.6 Å². The summed E-state index contributed by atoms with van der Waals surface area (Å²) in [6.45, 7) is -0.828. The molecule has 0 aromatic heterocycles. The number of fused-ring (bicyclic) bond motifs is 3. The van der Waals surface area contributed by atoms with E-state index in [0.29, 0.717) is 25.7 Å². The molecular weight excluding hydrogens is 549 g/mol. The summed E-state index contributed by atoms with van der Waals surface area (Å²) in [7, 11) is 0. The Morgan fingerprint density at radius 1 is 0.868 bits per heavy atom. The van der Waals surface area contributed by atoms with Gasteiger partial charge in [0.05, 0.1) is 15.6 Å². The quantitative estimate of drug-likeness (QED) is 0.378. The molecule has 3 saturated carbocycles. The van der Waals surface area contributed by atoms with E-state index >= 15 is 0 Å². The number of hydrogen-bond donors (Lipinski definition) is 3. The summed E-state index contributed by atoms with van der Waals surface area (Å²) in [5.41, 5.74) is -1.76. The number of halogens is 4. The van der Waals surface area contributed by atoms with Gasteiger partial charge >= 0.3 is 6.16 Å². The van der Waals surface area contributed by atoms with Gasteiger partial charge in [0.2, 0.25) is 0 Å². The molecular formula is C25H24Cl2F2N2O7. The number of benzene rings is 2. The van der Waals surface area contributed by atoms with Gasteiger partial charge in [-0.05, 0) is 49.9 Å². The Labute approximate surface area is 226 Å². The second kappa shape index (κ2) is 11.2. The molecule has 3 fully saturated rings. The maximum absolute atomic E-state index is 13.6. The van der Waals surface area contributed by atoms with Crippen LogP contribution in [0.25, 0.3) is 0 Å². The Balaban J connectivity index is 1.36. The predicted octanol–water partition coefficient (Wildman–Crippen LogP) is 4.48. The summed E-state index contributed by atoms with van der Waals surface area (Å²) >= 11 is 11.3. The SMILES string of the molecule is O=C(COc1ccc(Cl)c(F)c1)NC12CCC(NC(=O)COc3ccc(Cl)c(F)c3)(CC1)C(OC(=O)O)C2. The van der Waals surface area contributed by atoms with Gasteiger partial charge in [0.25, 0.3) is 11.8 Å². The summed E-state index contributed by atoms with van der Waals surface area (Å²) in [4.78, 5) is 36.8. The van der Waals surface area contributed by atoms with Gasteiger partial charge in [0.1, 0.15) is 29.2 Å². The van der Waals surface area contributed by atoms with Gasteiger partial charge in [-0.2, -0.15) is 0 Å². The molecule has 3 aliphatic carbocycles. The first-order chi connectivity index (χ1) is 18.0. The first kappa shape index (κ1) is 27.7. The molecule has 0 spiro atoms. The van der Waals surface area contributed by atoms with Crippen molar-refractivity contribution >= 4 is 41.2 Å². The average Bonchev–Trinajstić information content (AvgIpc) is 2.86. The zero-order valence-electron chi connectivity index (χ0n) is 19.9. The number of amides is 2. The highest BCUT2D eigenvalue weighted by molar-refractivity contribution is 6.31. The highest BCUT2D eigenvalue weighted by Gasteiger charge is 2.57. The molecule has 2 aromatic rings. The zero-order valence-corrected chi connectivity index (χ0v) is 21.4. The Hall–Kier alpha value is -3.31. The first-order valence-electron chi connectivity index (χ1n) is 11.7. The number of carboxylic acid groups (broad SMARTS) is 1. The molecule has 0 aliphatic heterocycles. The topological polar surface area (TPSA) is 123 Å². The Morgan fingerprint density at radius 3 is 1.84 bits per heavy atom. The zero-order chi connectivity index (χ0) is 27.5. The van der Waals surface area contributed by atoms with Gasteiger partial charge < -0.3 is 30.0 Å². The lowest BCUT2D eigenvalue weighted by Crippen LogP contribution is -2.71. The normalized spacial score (nSPS) is 23.8. The molecule has 0 heterocycles. The highest BCUT2D eigenvalue weighted by atomic mass is 35.5. The van der Waals surface area contributed by atoms with Crippen molar-refractivity contribution < 1.29 is 42.5 Å². The molecule has 1 atom stereocenters. The van der Waals surface area contributed by atoms with Crippen LogP contribution in [0, 0.1) is 11.6 Å². The number of carbonyl (C=O) groups is 3. The van der Waals surface area contributed by atoms with Crippen molar-refractivity contribution in [3.05, 3.63) is 58.1 Å². The van der Waals surface area contributed by atoms with E-state index in [-0.39, 0.29) is 28.0 Å². The number of ether oxygens (including phenoxy) is 3. The lowest BCUT2D eigenvalue weighted by Gasteiger charge is -2.56. The van der Waals surface area contributed by atoms with Crippen LogP contribution >= 0.6 is 23.2 Å². The van der Waals surface area contributed by atoms with Gasteiger partial charge in [0, 0.05) is 24.1 Å². The standard InChI is InChI=1S/C25H24Cl2F2N2O7/c26-16-3-1-14(9-18(16)28)36-12-21(32)30-24-5-7-25(8-6-24,20(11-24)38-23(34)35)31-22(33)13-37-15-2-4-17(27)19(29)10-15/h1-4,9-10,20H,5-8,11-13H2,(H,30,32)(H,31,33)(H,34,35). The molecule has 9 nitrogen and oxygen atoms in total. The van der Waals surface area contributed by atoms with Crippen LogP contribution in [0.3, 0.4) is 0 Å². The molecule has 3 N–H and O–H groups in total. The third-order valence-electron chi connectivity index (χ3n) is 6.85. The fourth-order valence-electron chi connectivity index (χ4n) is 4.99. The Morgan fingerprint density at radius 2 is 1.37 bits per heavy atom. The van der Waals surface area contributed by atoms with Crippen LogP contribution < -0.4 is 20.1 Å². The summed E-state index contributed by atoms with van der Waals surface area (Å²) < 4.78 is 43.1. The molecule has 1 unspecified atom stereocenters. The third kappa shape index (κ3) is 6.39. The van der Waals surface area contributed by atoms with E-state index in [1.165, 1.54) is 24.3 Å². The monoisotopic (exact) mass is 572 g/mol. The molecule has 13 heteroatoms. The van der Waals surface area contributed by atoms with Crippen molar-refractivity contribution in [3.8, 4) is 11.5 Å². The van der Waals surface area contributed by atoms with Crippen molar-refractivity contribution in [2.75, 3.05) is 13.2 Å². The number of carbonyl (C=O) groups excluding carboxylic acids is 2. The van der Waals surface area contributed by atoms with E-state index in [1.807, 2.05) is 0 Å². The summed E-state index contributed by atoms with van der Waals surface area (Å²) in [5.74, 6) is -2.15. The largest absolute Gasteiger partial charge is 0.506 e. The maximum Gasteiger partial charge on any atom is 0.506 e. The van der Waals surface area contributed by atoms with E-state index in [9.17, 15) is 28.3 Å². The van der Waals surface area contributed by atoms with E-state index in [1.54, 1.807) is 0 Å². The van der Waals surface area contributed by atoms with Crippen LogP contribution in [0.15, 0.2) is 36.4 Å². The summed E-state index contributed by atoms with van der Waals surface area (Å²) in [5, 5.41) is 14.9. The number of rotatable bonds is 9. The van der Waals surface area contributed by atoms with Crippen LogP contribution in [0.1, 0.15) is 32.1 Å². The average molecular weight is 573 g/mol. The van der Waals surface area contributed by atoms with Gasteiger partial charge in [-0.25, -0.2) is 13.6 Å². The maximum atomic E-state index is 13.6. The first-order valence-corrected chi connectivity index (χ1v) is 12.4. The van der Waals surface area contributed by atoms with Crippen LogP contribution in [-0.4, -0.2) is 53.5 Å². The second-order valence-corrected chi connectivity index (χ2v) is 10.2. The van der Waals surface area contributed by atoms with E-state index in [4.69, 9.17) is 37.4 Å². The molecule has 2 amide bonds. The number of nitrogens with one attached hydrogen (secondary N) is 2. The minimum Gasteiger partial charge on any atom is -0.484 e. The molecule has 5 rings (SSSR count). The summed E-state index contributed by atoms with van der Waals surface area (Å²) in [6.07, 6.45) is -0.783. The molecule has 38 heavy (non-hydrogen) atoms. The predicted molar refractivity (Wildman–Crippen MR) is 132 cm³/mol. The van der Waals surface area contributed by atoms with E-state index in [2.05, 4.69) is 10.6 Å². The second-order valence-electron chi connectivity index (χ2n) is 9.34. The van der Waals surface area contributed by atoms with Crippen molar-refractivity contribution in [2.24, 2.45) is 0 Å². The lowest BCUT2D eigenvalue weighted by molar-refractivity contribution is -0.138. The van der Waals surface area contributed by atoms with Crippen LogP contribution in [0.5, 0.6) is 11.5 Å². The van der Waals surface area contributed by atoms with E-state index in [0.717, 1.165) is 12.1 Å². The summed E-state index contributed by atoms with van der Waals surface area (Å²) in [6, 6.07) is 7.57.